The van der Waals surface area contributed by atoms with Gasteiger partial charge in [0.05, 0.1) is 24.6 Å². The summed E-state index contributed by atoms with van der Waals surface area (Å²) in [6.45, 7) is 0.307. The van der Waals surface area contributed by atoms with E-state index in [0.29, 0.717) is 34.3 Å². The van der Waals surface area contributed by atoms with Crippen LogP contribution in [0.5, 0.6) is 5.75 Å². The number of benzene rings is 2. The van der Waals surface area contributed by atoms with Crippen molar-refractivity contribution in [1.29, 1.82) is 0 Å². The van der Waals surface area contributed by atoms with Gasteiger partial charge >= 0.3 is 0 Å². The van der Waals surface area contributed by atoms with Crippen molar-refractivity contribution in [2.24, 2.45) is 11.8 Å². The Morgan fingerprint density at radius 2 is 1.83 bits per heavy atom. The topological polar surface area (TPSA) is 79.0 Å². The van der Waals surface area contributed by atoms with Gasteiger partial charge in [-0.15, -0.1) is 0 Å². The van der Waals surface area contributed by atoms with Gasteiger partial charge in [-0.2, -0.15) is 0 Å². The second kappa shape index (κ2) is 6.05. The van der Waals surface area contributed by atoms with Crippen LogP contribution in [-0.2, 0) is 19.9 Å². The number of ether oxygens (including phenoxy) is 1. The van der Waals surface area contributed by atoms with Gasteiger partial charge in [0, 0.05) is 22.8 Å². The Morgan fingerprint density at radius 1 is 1.10 bits per heavy atom. The van der Waals surface area contributed by atoms with Gasteiger partial charge in [0.1, 0.15) is 11.3 Å². The van der Waals surface area contributed by atoms with E-state index in [9.17, 15) is 14.4 Å². The molecule has 1 N–H and O–H groups in total. The number of hydrogen-bond donors (Lipinski definition) is 1. The summed E-state index contributed by atoms with van der Waals surface area (Å²) in [7, 11) is 3.32. The van der Waals surface area contributed by atoms with Crippen LogP contribution in [0.1, 0.15) is 5.56 Å². The van der Waals surface area contributed by atoms with Crippen LogP contribution in [0.25, 0.3) is 0 Å². The first kappa shape index (κ1) is 18.1. The lowest BCUT2D eigenvalue weighted by Crippen LogP contribution is -2.52. The van der Waals surface area contributed by atoms with Gasteiger partial charge in [0.2, 0.25) is 17.7 Å². The van der Waals surface area contributed by atoms with Crippen molar-refractivity contribution in [3.8, 4) is 5.75 Å². The highest BCUT2D eigenvalue weighted by atomic mass is 35.5. The van der Waals surface area contributed by atoms with Crippen LogP contribution < -0.4 is 15.0 Å². The van der Waals surface area contributed by atoms with E-state index in [0.717, 1.165) is 0 Å². The van der Waals surface area contributed by atoms with E-state index in [-0.39, 0.29) is 17.7 Å². The third-order valence-corrected chi connectivity index (χ3v) is 6.50. The van der Waals surface area contributed by atoms with Crippen LogP contribution in [0.15, 0.2) is 42.5 Å². The van der Waals surface area contributed by atoms with Crippen molar-refractivity contribution in [2.75, 3.05) is 30.9 Å². The molecule has 0 aliphatic carbocycles. The molecule has 3 aliphatic rings. The zero-order chi connectivity index (χ0) is 20.5. The molecule has 2 fully saturated rings. The minimum atomic E-state index is -1.25. The lowest BCUT2D eigenvalue weighted by molar-refractivity contribution is -0.134. The van der Waals surface area contributed by atoms with Crippen LogP contribution in [0.2, 0.25) is 5.02 Å². The van der Waals surface area contributed by atoms with Crippen molar-refractivity contribution < 1.29 is 19.1 Å². The van der Waals surface area contributed by atoms with E-state index in [1.54, 1.807) is 61.5 Å². The molecule has 5 rings (SSSR count). The van der Waals surface area contributed by atoms with Gasteiger partial charge in [-0.1, -0.05) is 11.6 Å². The molecule has 0 bridgehead atoms. The number of amides is 3. The molecule has 7 nitrogen and oxygen atoms in total. The predicted molar refractivity (Wildman–Crippen MR) is 107 cm³/mol. The number of likely N-dealkylation sites (N-methyl/N-ethyl adjacent to an activating group) is 1. The highest BCUT2D eigenvalue weighted by Crippen LogP contribution is 2.55. The number of imide groups is 1. The number of nitrogens with zero attached hydrogens (tertiary/aromatic N) is 2. The molecular formula is C21H18ClN3O4. The third-order valence-electron chi connectivity index (χ3n) is 6.27. The average molecular weight is 412 g/mol. The number of rotatable bonds is 2. The second-order valence-corrected chi connectivity index (χ2v) is 8.02. The lowest BCUT2D eigenvalue weighted by atomic mass is 9.77. The molecule has 0 saturated carbocycles. The van der Waals surface area contributed by atoms with E-state index in [4.69, 9.17) is 16.3 Å². The average Bonchev–Trinajstić information content (AvgIpc) is 3.26. The molecule has 2 saturated heterocycles. The summed E-state index contributed by atoms with van der Waals surface area (Å²) in [6, 6.07) is 11.9. The summed E-state index contributed by atoms with van der Waals surface area (Å²) in [5, 5.41) is 3.34. The Bertz CT molecular complexity index is 1070. The van der Waals surface area contributed by atoms with E-state index < -0.39 is 17.4 Å². The fourth-order valence-electron chi connectivity index (χ4n) is 5.01. The number of fused-ring (bicyclic) bond motifs is 4. The molecule has 3 heterocycles. The molecule has 3 amide bonds. The standard InChI is InChI=1S/C21H18ClN3O4/c1-24-10-14-17(21(24)15-9-11(22)3-8-16(15)23-20(21)28)19(27)25(18(14)26)12-4-6-13(29-2)7-5-12/h3-9,14,17H,10H2,1-2H3,(H,23,28). The lowest BCUT2D eigenvalue weighted by Gasteiger charge is -2.34. The van der Waals surface area contributed by atoms with Gasteiger partial charge in [0.25, 0.3) is 0 Å². The Kier molecular flexibility index (Phi) is 3.78. The minimum absolute atomic E-state index is 0.294. The Morgan fingerprint density at radius 3 is 2.52 bits per heavy atom. The first-order valence-electron chi connectivity index (χ1n) is 9.24. The van der Waals surface area contributed by atoms with E-state index >= 15 is 0 Å². The van der Waals surface area contributed by atoms with Crippen molar-refractivity contribution in [3.05, 3.63) is 53.1 Å². The number of carbonyl (C=O) groups is 3. The van der Waals surface area contributed by atoms with Crippen LogP contribution in [0.3, 0.4) is 0 Å². The summed E-state index contributed by atoms with van der Waals surface area (Å²) in [5.41, 5.74) is 0.481. The second-order valence-electron chi connectivity index (χ2n) is 7.59. The van der Waals surface area contributed by atoms with E-state index in [1.165, 1.54) is 4.90 Å². The molecule has 3 aliphatic heterocycles. The molecule has 2 aromatic carbocycles. The number of carbonyl (C=O) groups excluding carboxylic acids is 3. The Labute approximate surface area is 172 Å². The molecule has 3 atom stereocenters. The molecule has 148 valence electrons. The van der Waals surface area contributed by atoms with Crippen LogP contribution >= 0.6 is 11.6 Å². The zero-order valence-corrected chi connectivity index (χ0v) is 16.6. The van der Waals surface area contributed by atoms with Crippen molar-refractivity contribution in [3.63, 3.8) is 0 Å². The molecule has 0 aromatic heterocycles. The largest absolute Gasteiger partial charge is 0.497 e. The number of hydrogen-bond acceptors (Lipinski definition) is 5. The van der Waals surface area contributed by atoms with Crippen LogP contribution in [0, 0.1) is 11.8 Å². The normalized spacial score (nSPS) is 28.1. The maximum absolute atomic E-state index is 13.5. The highest BCUT2D eigenvalue weighted by Gasteiger charge is 2.70. The molecule has 8 heteroatoms. The maximum atomic E-state index is 13.5. The van der Waals surface area contributed by atoms with Gasteiger partial charge in [0.15, 0.2) is 0 Å². The van der Waals surface area contributed by atoms with Crippen LogP contribution in [-0.4, -0.2) is 43.3 Å². The number of anilines is 2. The van der Waals surface area contributed by atoms with E-state index in [1.807, 2.05) is 0 Å². The molecule has 2 aromatic rings. The summed E-state index contributed by atoms with van der Waals surface area (Å²) >= 11 is 6.21. The first-order chi connectivity index (χ1) is 13.9. The zero-order valence-electron chi connectivity index (χ0n) is 15.8. The molecule has 0 radical (unpaired) electrons. The molecule has 29 heavy (non-hydrogen) atoms. The van der Waals surface area contributed by atoms with Gasteiger partial charge in [-0.25, -0.2) is 4.90 Å². The molecular weight excluding hydrogens is 394 g/mol. The Balaban J connectivity index is 1.63. The smallest absolute Gasteiger partial charge is 0.250 e. The first-order valence-corrected chi connectivity index (χ1v) is 9.62. The maximum Gasteiger partial charge on any atom is 0.250 e. The third kappa shape index (κ3) is 2.20. The minimum Gasteiger partial charge on any atom is -0.497 e. The summed E-state index contributed by atoms with van der Waals surface area (Å²) in [5.74, 6) is -1.77. The number of likely N-dealkylation sites (tertiary alicyclic amines) is 1. The van der Waals surface area contributed by atoms with Crippen molar-refractivity contribution in [1.82, 2.24) is 4.90 Å². The fraction of sp³-hybridized carbons (Fsp3) is 0.286. The molecule has 1 spiro atoms. The van der Waals surface area contributed by atoms with Crippen molar-refractivity contribution in [2.45, 2.75) is 5.54 Å². The summed E-state index contributed by atoms with van der Waals surface area (Å²) < 4.78 is 5.15. The number of halogens is 1. The van der Waals surface area contributed by atoms with Gasteiger partial charge in [-0.3, -0.25) is 19.3 Å². The highest BCUT2D eigenvalue weighted by molar-refractivity contribution is 6.31. The van der Waals surface area contributed by atoms with Gasteiger partial charge in [-0.05, 0) is 49.5 Å². The number of methoxy groups -OCH3 is 1. The summed E-state index contributed by atoms with van der Waals surface area (Å²) in [4.78, 5) is 43.0. The SMILES string of the molecule is COc1ccc(N2C(=O)C3CN(C)C4(C(=O)Nc5ccc(Cl)cc54)C3C2=O)cc1. The summed E-state index contributed by atoms with van der Waals surface area (Å²) in [6.07, 6.45) is 0. The van der Waals surface area contributed by atoms with Crippen molar-refractivity contribution >= 4 is 40.7 Å². The quantitative estimate of drug-likeness (QED) is 0.767. The fourth-order valence-corrected chi connectivity index (χ4v) is 5.18. The van der Waals surface area contributed by atoms with Gasteiger partial charge < -0.3 is 10.1 Å². The monoisotopic (exact) mass is 411 g/mol. The Hall–Kier alpha value is -2.90. The van der Waals surface area contributed by atoms with Crippen LogP contribution in [0.4, 0.5) is 11.4 Å². The number of nitrogens with one attached hydrogen (secondary N) is 1. The predicted octanol–water partition coefficient (Wildman–Crippen LogP) is 2.25. The van der Waals surface area contributed by atoms with E-state index in [2.05, 4.69) is 5.32 Å². The molecule has 3 unspecified atom stereocenters.